The minimum absolute atomic E-state index is 0.497. The first-order valence-corrected chi connectivity index (χ1v) is 26.5. The lowest BCUT2D eigenvalue weighted by atomic mass is 9.67. The highest BCUT2D eigenvalue weighted by atomic mass is 32.1. The summed E-state index contributed by atoms with van der Waals surface area (Å²) in [7, 11) is 0. The highest BCUT2D eigenvalue weighted by Crippen LogP contribution is 2.58. The van der Waals surface area contributed by atoms with Crippen LogP contribution in [0, 0.1) is 0 Å². The van der Waals surface area contributed by atoms with Gasteiger partial charge >= 0.3 is 0 Å². The Morgan fingerprint density at radius 2 is 0.789 bits per heavy atom. The molecule has 0 unspecified atom stereocenters. The SMILES string of the molecule is c1ccc(C2(c3ccccc3)c3ccccc3-c3c(-c4ccc(-c5ccc6oc7ccccc7c6c5-c5nc(-c6cccc7c6sc6ccccc67)nc(-c6cccc7oc8ccccc8c67)n5)cc4)cccc32)cc1. The minimum atomic E-state index is -0.497. The van der Waals surface area contributed by atoms with Gasteiger partial charge in [-0.25, -0.2) is 15.0 Å². The lowest BCUT2D eigenvalue weighted by Gasteiger charge is -2.34. The predicted octanol–water partition coefficient (Wildman–Crippen LogP) is 18.7. The van der Waals surface area contributed by atoms with Gasteiger partial charge in [0.2, 0.25) is 0 Å². The van der Waals surface area contributed by atoms with Crippen molar-refractivity contribution in [2.75, 3.05) is 0 Å². The molecule has 0 spiro atoms. The van der Waals surface area contributed by atoms with E-state index in [1.807, 2.05) is 36.4 Å². The molecule has 1 aliphatic carbocycles. The van der Waals surface area contributed by atoms with Crippen molar-refractivity contribution in [3.8, 4) is 67.5 Å². The normalized spacial score (nSPS) is 12.8. The van der Waals surface area contributed by atoms with E-state index in [4.69, 9.17) is 23.8 Å². The summed E-state index contributed by atoms with van der Waals surface area (Å²) in [6.45, 7) is 0. The Morgan fingerprint density at radius 3 is 1.53 bits per heavy atom. The van der Waals surface area contributed by atoms with Crippen LogP contribution in [0.4, 0.5) is 0 Å². The minimum Gasteiger partial charge on any atom is -0.456 e. The Hall–Kier alpha value is -9.75. The van der Waals surface area contributed by atoms with Crippen molar-refractivity contribution in [3.05, 3.63) is 271 Å². The number of para-hydroxylation sites is 2. The highest BCUT2D eigenvalue weighted by Gasteiger charge is 2.46. The number of benzene rings is 11. The van der Waals surface area contributed by atoms with E-state index >= 15 is 0 Å². The molecule has 0 atom stereocenters. The van der Waals surface area contributed by atoms with Crippen LogP contribution in [0.15, 0.2) is 258 Å². The second kappa shape index (κ2) is 16.6. The predicted molar refractivity (Wildman–Crippen MR) is 312 cm³/mol. The third-order valence-corrected chi connectivity index (χ3v) is 16.9. The van der Waals surface area contributed by atoms with Crippen molar-refractivity contribution in [2.24, 2.45) is 0 Å². The van der Waals surface area contributed by atoms with Gasteiger partial charge in [-0.1, -0.05) is 206 Å². The molecule has 0 aliphatic heterocycles. The fraction of sp³-hybridized carbons (Fsp3) is 0.0143. The van der Waals surface area contributed by atoms with Crippen LogP contribution in [0.5, 0.6) is 0 Å². The van der Waals surface area contributed by atoms with Crippen LogP contribution in [0.1, 0.15) is 22.3 Å². The molecule has 76 heavy (non-hydrogen) atoms. The van der Waals surface area contributed by atoms with Gasteiger partial charge < -0.3 is 8.83 Å². The lowest BCUT2D eigenvalue weighted by molar-refractivity contribution is 0.668. The molecule has 15 aromatic rings. The second-order valence-electron chi connectivity index (χ2n) is 19.7. The fourth-order valence-electron chi connectivity index (χ4n) is 12.5. The van der Waals surface area contributed by atoms with Crippen molar-refractivity contribution in [2.45, 2.75) is 5.41 Å². The van der Waals surface area contributed by atoms with E-state index in [0.29, 0.717) is 17.5 Å². The smallest absolute Gasteiger partial charge is 0.165 e. The van der Waals surface area contributed by atoms with Crippen molar-refractivity contribution in [1.29, 1.82) is 0 Å². The number of fused-ring (bicyclic) bond motifs is 12. The molecule has 0 fully saturated rings. The average molecular weight is 988 g/mol. The number of nitrogens with zero attached hydrogens (tertiary/aromatic N) is 3. The van der Waals surface area contributed by atoms with E-state index in [2.05, 4.69) is 212 Å². The van der Waals surface area contributed by atoms with Crippen LogP contribution in [0.2, 0.25) is 0 Å². The van der Waals surface area contributed by atoms with Crippen molar-refractivity contribution in [1.82, 2.24) is 15.0 Å². The number of aromatic nitrogens is 3. The van der Waals surface area contributed by atoms with Crippen LogP contribution in [-0.2, 0) is 5.41 Å². The van der Waals surface area contributed by atoms with E-state index in [1.54, 1.807) is 11.3 Å². The maximum atomic E-state index is 6.67. The first-order chi connectivity index (χ1) is 37.7. The molecule has 4 aromatic heterocycles. The molecule has 0 bridgehead atoms. The van der Waals surface area contributed by atoms with Crippen molar-refractivity contribution < 1.29 is 8.83 Å². The third-order valence-electron chi connectivity index (χ3n) is 15.7. The summed E-state index contributed by atoms with van der Waals surface area (Å²) in [5, 5.41) is 6.29. The number of rotatable bonds is 7. The van der Waals surface area contributed by atoms with Crippen LogP contribution >= 0.6 is 11.3 Å². The zero-order valence-corrected chi connectivity index (χ0v) is 41.6. The summed E-state index contributed by atoms with van der Waals surface area (Å²) in [6, 6.07) is 88.7. The molecule has 16 rings (SSSR count). The number of hydrogen-bond donors (Lipinski definition) is 0. The molecule has 0 radical (unpaired) electrons. The third kappa shape index (κ3) is 6.22. The molecular weight excluding hydrogens is 947 g/mol. The summed E-state index contributed by atoms with van der Waals surface area (Å²) in [6.07, 6.45) is 0. The molecule has 11 aromatic carbocycles. The summed E-state index contributed by atoms with van der Waals surface area (Å²) in [5.74, 6) is 1.70. The molecule has 0 saturated heterocycles. The monoisotopic (exact) mass is 987 g/mol. The number of furan rings is 2. The molecule has 4 heterocycles. The molecule has 1 aliphatic rings. The standard InChI is InChI=1S/C70H41N3O2S/c1-3-18-44(19-4-1)70(45-20-5-2-6-21-45)55-30-11-7-23-50(55)62-46(26-16-31-56(62)70)42-36-38-43(39-37-42)47-40-41-60-64(52-25-9-13-33-58(52)75-60)65(47)69-72-67(53-28-17-34-59-63(53)51-24-8-12-32-57(51)74-59)71-68(73-69)54-29-15-27-49-48-22-10-14-35-61(48)76-66(49)54/h1-41H. The quantitative estimate of drug-likeness (QED) is 0.159. The first kappa shape index (κ1) is 42.7. The summed E-state index contributed by atoms with van der Waals surface area (Å²) in [4.78, 5) is 16.6. The van der Waals surface area contributed by atoms with Gasteiger partial charge in [-0.05, 0) is 98.1 Å². The molecule has 6 heteroatoms. The molecule has 0 amide bonds. The van der Waals surface area contributed by atoms with Gasteiger partial charge in [-0.3, -0.25) is 0 Å². The van der Waals surface area contributed by atoms with E-state index in [-0.39, 0.29) is 0 Å². The van der Waals surface area contributed by atoms with E-state index in [0.717, 1.165) is 82.0 Å². The molecular formula is C70H41N3O2S. The zero-order chi connectivity index (χ0) is 49.9. The van der Waals surface area contributed by atoms with Crippen molar-refractivity contribution >= 4 is 75.4 Å². The van der Waals surface area contributed by atoms with Gasteiger partial charge in [0.25, 0.3) is 0 Å². The summed E-state index contributed by atoms with van der Waals surface area (Å²) >= 11 is 1.77. The summed E-state index contributed by atoms with van der Waals surface area (Å²) < 4.78 is 15.5. The number of hydrogen-bond acceptors (Lipinski definition) is 6. The van der Waals surface area contributed by atoms with Crippen LogP contribution < -0.4 is 0 Å². The lowest BCUT2D eigenvalue weighted by Crippen LogP contribution is -2.28. The molecule has 0 N–H and O–H groups in total. The Kier molecular flexibility index (Phi) is 9.35. The van der Waals surface area contributed by atoms with Gasteiger partial charge in [0.15, 0.2) is 17.5 Å². The Morgan fingerprint density at radius 1 is 0.303 bits per heavy atom. The van der Waals surface area contributed by atoms with E-state index in [9.17, 15) is 0 Å². The average Bonchev–Trinajstić information content (AvgIpc) is 4.29. The van der Waals surface area contributed by atoms with Gasteiger partial charge in [0.05, 0.1) is 5.41 Å². The largest absolute Gasteiger partial charge is 0.456 e. The topological polar surface area (TPSA) is 65.0 Å². The Bertz CT molecular complexity index is 4780. The number of thiophene rings is 1. The van der Waals surface area contributed by atoms with Crippen molar-refractivity contribution in [3.63, 3.8) is 0 Å². The maximum absolute atomic E-state index is 6.67. The van der Waals surface area contributed by atoms with Crippen LogP contribution in [0.25, 0.3) is 132 Å². The molecule has 354 valence electrons. The van der Waals surface area contributed by atoms with Gasteiger partial charge in [0.1, 0.15) is 22.3 Å². The van der Waals surface area contributed by atoms with Gasteiger partial charge in [-0.15, -0.1) is 11.3 Å². The maximum Gasteiger partial charge on any atom is 0.165 e. The second-order valence-corrected chi connectivity index (χ2v) is 20.7. The fourth-order valence-corrected chi connectivity index (χ4v) is 13.7. The van der Waals surface area contributed by atoms with E-state index in [1.165, 1.54) is 54.4 Å². The van der Waals surface area contributed by atoms with Gasteiger partial charge in [0, 0.05) is 58.4 Å². The highest BCUT2D eigenvalue weighted by molar-refractivity contribution is 7.26. The van der Waals surface area contributed by atoms with E-state index < -0.39 is 5.41 Å². The van der Waals surface area contributed by atoms with Crippen LogP contribution in [-0.4, -0.2) is 15.0 Å². The van der Waals surface area contributed by atoms with Gasteiger partial charge in [-0.2, -0.15) is 0 Å². The summed E-state index contributed by atoms with van der Waals surface area (Å²) in [5.41, 5.74) is 17.2. The Balaban J connectivity index is 0.928. The molecule has 0 saturated carbocycles. The Labute approximate surface area is 440 Å². The zero-order valence-electron chi connectivity index (χ0n) is 40.7. The van der Waals surface area contributed by atoms with Crippen LogP contribution in [0.3, 0.4) is 0 Å². The first-order valence-electron chi connectivity index (χ1n) is 25.7. The molecule has 5 nitrogen and oxygen atoms in total.